The van der Waals surface area contributed by atoms with Crippen LogP contribution < -0.4 is 11.5 Å². The fraction of sp³-hybridized carbons (Fsp3) is 0.600. The molecule has 0 aromatic heterocycles. The lowest BCUT2D eigenvalue weighted by Gasteiger charge is -2.38. The van der Waals surface area contributed by atoms with E-state index in [-0.39, 0.29) is 6.04 Å². The fourth-order valence-corrected chi connectivity index (χ4v) is 3.11. The number of nitrogens with two attached hydrogens (primary N) is 2. The molecule has 2 rings (SSSR count). The molecule has 0 aliphatic heterocycles. The number of aliphatic hydroxyl groups is 1. The van der Waals surface area contributed by atoms with E-state index in [2.05, 4.69) is 0 Å². The van der Waals surface area contributed by atoms with Gasteiger partial charge in [-0.05, 0) is 36.5 Å². The van der Waals surface area contributed by atoms with Crippen LogP contribution in [-0.4, -0.2) is 10.7 Å². The molecule has 1 atom stereocenters. The summed E-state index contributed by atoms with van der Waals surface area (Å²) >= 11 is 0. The van der Waals surface area contributed by atoms with Crippen molar-refractivity contribution < 1.29 is 5.11 Å². The number of aryl methyl sites for hydroxylation is 1. The highest BCUT2D eigenvalue weighted by atomic mass is 16.3. The molecule has 18 heavy (non-hydrogen) atoms. The van der Waals surface area contributed by atoms with E-state index in [1.165, 1.54) is 6.42 Å². The van der Waals surface area contributed by atoms with Gasteiger partial charge < -0.3 is 16.6 Å². The summed E-state index contributed by atoms with van der Waals surface area (Å²) in [5.74, 6) is 0. The minimum absolute atomic E-state index is 0.322. The summed E-state index contributed by atoms with van der Waals surface area (Å²) in [7, 11) is 0. The second-order valence-electron chi connectivity index (χ2n) is 5.49. The van der Waals surface area contributed by atoms with Crippen molar-refractivity contribution in [2.45, 2.75) is 57.2 Å². The van der Waals surface area contributed by atoms with E-state index in [9.17, 15) is 5.11 Å². The van der Waals surface area contributed by atoms with Crippen LogP contribution in [0.3, 0.4) is 0 Å². The summed E-state index contributed by atoms with van der Waals surface area (Å²) in [6.07, 6.45) is 4.92. The highest BCUT2D eigenvalue weighted by Gasteiger charge is 2.37. The summed E-state index contributed by atoms with van der Waals surface area (Å²) in [5, 5.41) is 10.8. The van der Waals surface area contributed by atoms with Gasteiger partial charge in [-0.15, -0.1) is 0 Å². The molecule has 1 saturated carbocycles. The standard InChI is InChI=1S/C15H24N2O/c1-11-6-5-7-12(10-16)13(11)14(17)15(18)8-3-2-4-9-15/h5-7,14,18H,2-4,8-10,16-17H2,1H3. The third kappa shape index (κ3) is 2.44. The van der Waals surface area contributed by atoms with Crippen LogP contribution in [-0.2, 0) is 6.54 Å². The van der Waals surface area contributed by atoms with Gasteiger partial charge in [0.25, 0.3) is 0 Å². The Morgan fingerprint density at radius 3 is 2.56 bits per heavy atom. The Kier molecular flexibility index (Phi) is 4.05. The molecule has 0 amide bonds. The van der Waals surface area contributed by atoms with Crippen LogP contribution in [0.2, 0.25) is 0 Å². The molecule has 1 aromatic rings. The number of hydrogen-bond donors (Lipinski definition) is 3. The van der Waals surface area contributed by atoms with E-state index in [0.717, 1.165) is 42.4 Å². The minimum Gasteiger partial charge on any atom is -0.388 e. The molecule has 3 nitrogen and oxygen atoms in total. The molecular formula is C15H24N2O. The zero-order valence-corrected chi connectivity index (χ0v) is 11.2. The lowest BCUT2D eigenvalue weighted by atomic mass is 9.75. The van der Waals surface area contributed by atoms with Crippen LogP contribution in [0.4, 0.5) is 0 Å². The SMILES string of the molecule is Cc1cccc(CN)c1C(N)C1(O)CCCCC1. The van der Waals surface area contributed by atoms with Crippen molar-refractivity contribution in [3.63, 3.8) is 0 Å². The molecule has 100 valence electrons. The van der Waals surface area contributed by atoms with Gasteiger partial charge in [-0.2, -0.15) is 0 Å². The topological polar surface area (TPSA) is 72.3 Å². The molecule has 1 aliphatic carbocycles. The Bertz CT molecular complexity index is 411. The van der Waals surface area contributed by atoms with Crippen LogP contribution >= 0.6 is 0 Å². The van der Waals surface area contributed by atoms with Crippen molar-refractivity contribution >= 4 is 0 Å². The summed E-state index contributed by atoms with van der Waals surface area (Å²) < 4.78 is 0. The first-order chi connectivity index (χ1) is 8.58. The second kappa shape index (κ2) is 5.39. The smallest absolute Gasteiger partial charge is 0.0839 e. The Morgan fingerprint density at radius 2 is 1.94 bits per heavy atom. The monoisotopic (exact) mass is 248 g/mol. The van der Waals surface area contributed by atoms with Gasteiger partial charge in [-0.25, -0.2) is 0 Å². The summed E-state index contributed by atoms with van der Waals surface area (Å²) in [4.78, 5) is 0. The maximum absolute atomic E-state index is 10.8. The van der Waals surface area contributed by atoms with Crippen molar-refractivity contribution in [2.75, 3.05) is 0 Å². The first-order valence-corrected chi connectivity index (χ1v) is 6.85. The fourth-order valence-electron chi connectivity index (χ4n) is 3.11. The van der Waals surface area contributed by atoms with Gasteiger partial charge in [0, 0.05) is 6.54 Å². The van der Waals surface area contributed by atoms with E-state index in [4.69, 9.17) is 11.5 Å². The van der Waals surface area contributed by atoms with Crippen LogP contribution in [0.15, 0.2) is 18.2 Å². The minimum atomic E-state index is -0.756. The van der Waals surface area contributed by atoms with Crippen molar-refractivity contribution in [3.05, 3.63) is 34.9 Å². The lowest BCUT2D eigenvalue weighted by Crippen LogP contribution is -2.43. The maximum Gasteiger partial charge on any atom is 0.0839 e. The molecule has 1 aromatic carbocycles. The average Bonchev–Trinajstić information content (AvgIpc) is 2.38. The summed E-state index contributed by atoms with van der Waals surface area (Å²) in [6, 6.07) is 5.73. The van der Waals surface area contributed by atoms with Crippen molar-refractivity contribution in [1.29, 1.82) is 0 Å². The number of benzene rings is 1. The Hall–Kier alpha value is -0.900. The van der Waals surface area contributed by atoms with Gasteiger partial charge in [0.2, 0.25) is 0 Å². The van der Waals surface area contributed by atoms with E-state index >= 15 is 0 Å². The van der Waals surface area contributed by atoms with Gasteiger partial charge >= 0.3 is 0 Å². The van der Waals surface area contributed by atoms with Gasteiger partial charge in [-0.1, -0.05) is 37.5 Å². The largest absolute Gasteiger partial charge is 0.388 e. The zero-order chi connectivity index (χ0) is 13.2. The van der Waals surface area contributed by atoms with Gasteiger partial charge in [0.1, 0.15) is 0 Å². The highest BCUT2D eigenvalue weighted by Crippen LogP contribution is 2.38. The van der Waals surface area contributed by atoms with Crippen molar-refractivity contribution in [3.8, 4) is 0 Å². The molecule has 3 heteroatoms. The molecule has 0 bridgehead atoms. The van der Waals surface area contributed by atoms with Crippen LogP contribution in [0.25, 0.3) is 0 Å². The Balaban J connectivity index is 2.35. The van der Waals surface area contributed by atoms with Crippen LogP contribution in [0, 0.1) is 6.92 Å². The zero-order valence-electron chi connectivity index (χ0n) is 11.2. The van der Waals surface area contributed by atoms with Gasteiger partial charge in [0.15, 0.2) is 0 Å². The molecule has 0 heterocycles. The van der Waals surface area contributed by atoms with E-state index in [1.54, 1.807) is 0 Å². The van der Waals surface area contributed by atoms with Crippen LogP contribution in [0.1, 0.15) is 54.8 Å². The highest BCUT2D eigenvalue weighted by molar-refractivity contribution is 5.38. The van der Waals surface area contributed by atoms with Gasteiger partial charge in [-0.3, -0.25) is 0 Å². The molecule has 1 unspecified atom stereocenters. The van der Waals surface area contributed by atoms with E-state index in [1.807, 2.05) is 25.1 Å². The maximum atomic E-state index is 10.8. The van der Waals surface area contributed by atoms with Crippen LogP contribution in [0.5, 0.6) is 0 Å². The molecule has 1 fully saturated rings. The molecule has 0 radical (unpaired) electrons. The number of rotatable bonds is 3. The molecular weight excluding hydrogens is 224 g/mol. The lowest BCUT2D eigenvalue weighted by molar-refractivity contribution is -0.0206. The predicted octanol–water partition coefficient (Wildman–Crippen LogP) is 2.15. The number of hydrogen-bond acceptors (Lipinski definition) is 3. The summed E-state index contributed by atoms with van der Waals surface area (Å²) in [5.41, 5.74) is 14.6. The molecule has 1 aliphatic rings. The second-order valence-corrected chi connectivity index (χ2v) is 5.49. The molecule has 5 N–H and O–H groups in total. The normalized spacial score (nSPS) is 20.7. The molecule has 0 spiro atoms. The predicted molar refractivity (Wildman–Crippen MR) is 74.0 cm³/mol. The first-order valence-electron chi connectivity index (χ1n) is 6.85. The summed E-state index contributed by atoms with van der Waals surface area (Å²) in [6.45, 7) is 2.52. The van der Waals surface area contributed by atoms with Gasteiger partial charge in [0.05, 0.1) is 11.6 Å². The quantitative estimate of drug-likeness (QED) is 0.767. The third-order valence-corrected chi connectivity index (χ3v) is 4.24. The third-order valence-electron chi connectivity index (χ3n) is 4.24. The average molecular weight is 248 g/mol. The van der Waals surface area contributed by atoms with Crippen molar-refractivity contribution in [1.82, 2.24) is 0 Å². The van der Waals surface area contributed by atoms with Crippen molar-refractivity contribution in [2.24, 2.45) is 11.5 Å². The first kappa shape index (κ1) is 13.5. The Labute approximate surface area is 109 Å². The van der Waals surface area contributed by atoms with E-state index in [0.29, 0.717) is 6.54 Å². The van der Waals surface area contributed by atoms with E-state index < -0.39 is 5.60 Å². The Morgan fingerprint density at radius 1 is 1.28 bits per heavy atom. The molecule has 0 saturated heterocycles.